The fourth-order valence-electron chi connectivity index (χ4n) is 6.04. The minimum atomic E-state index is -1.31. The predicted molar refractivity (Wildman–Crippen MR) is 147 cm³/mol. The Hall–Kier alpha value is -2.21. The number of carbonyl (C=O) groups excluding carboxylic acids is 1. The average Bonchev–Trinajstić information content (AvgIpc) is 3.33. The molecule has 14 nitrogen and oxygen atoms in total. The predicted octanol–water partition coefficient (Wildman–Crippen LogP) is -4.21. The van der Waals surface area contributed by atoms with E-state index in [0.717, 1.165) is 22.2 Å². The minimum Gasteiger partial charge on any atom is -0.390 e. The number of nitrogens with two attached hydrogens (primary N) is 4. The summed E-state index contributed by atoms with van der Waals surface area (Å²) in [5.41, 5.74) is 27.5. The summed E-state index contributed by atoms with van der Waals surface area (Å²) in [6.07, 6.45) is -5.46. The van der Waals surface area contributed by atoms with E-state index in [1.807, 2.05) is 18.2 Å². The van der Waals surface area contributed by atoms with Gasteiger partial charge >= 0.3 is 0 Å². The fourth-order valence-corrected chi connectivity index (χ4v) is 6.04. The molecule has 0 spiro atoms. The molecule has 222 valence electrons. The second kappa shape index (κ2) is 12.3. The van der Waals surface area contributed by atoms with Crippen molar-refractivity contribution >= 4 is 16.8 Å². The molecule has 1 aliphatic carbocycles. The summed E-state index contributed by atoms with van der Waals surface area (Å²) in [6, 6.07) is 4.76. The first kappa shape index (κ1) is 29.3. The van der Waals surface area contributed by atoms with E-state index >= 15 is 0 Å². The van der Waals surface area contributed by atoms with Gasteiger partial charge in [-0.1, -0.05) is 18.2 Å². The number of fused-ring (bicyclic) bond motifs is 3. The van der Waals surface area contributed by atoms with Crippen LogP contribution in [0.4, 0.5) is 0 Å². The van der Waals surface area contributed by atoms with Gasteiger partial charge in [0.15, 0.2) is 6.29 Å². The molecule has 1 saturated carbocycles. The Balaban J connectivity index is 1.17. The average molecular weight is 563 g/mol. The largest absolute Gasteiger partial charge is 0.390 e. The third kappa shape index (κ3) is 5.75. The lowest BCUT2D eigenvalue weighted by Crippen LogP contribution is -2.70. The van der Waals surface area contributed by atoms with Gasteiger partial charge in [-0.05, 0) is 24.5 Å². The molecule has 11 atom stereocenters. The maximum absolute atomic E-state index is 13.0. The minimum absolute atomic E-state index is 0.0477. The number of H-pyrrole nitrogens is 1. The first-order valence-electron chi connectivity index (χ1n) is 13.8. The summed E-state index contributed by atoms with van der Waals surface area (Å²) < 4.78 is 11.8. The van der Waals surface area contributed by atoms with Crippen molar-refractivity contribution in [1.82, 2.24) is 20.9 Å². The van der Waals surface area contributed by atoms with E-state index in [1.165, 1.54) is 0 Å². The molecular formula is C26H42N8O6. The molecule has 15 N–H and O–H groups in total. The topological polar surface area (TPSA) is 252 Å². The second-order valence-corrected chi connectivity index (χ2v) is 11.0. The van der Waals surface area contributed by atoms with Crippen molar-refractivity contribution in [3.63, 3.8) is 0 Å². The Labute approximate surface area is 232 Å². The van der Waals surface area contributed by atoms with E-state index in [9.17, 15) is 20.1 Å². The smallest absolute Gasteiger partial charge is 0.237 e. The maximum atomic E-state index is 13.0. The zero-order valence-electron chi connectivity index (χ0n) is 22.3. The number of aliphatic hydroxyl groups excluding tert-OH is 3. The zero-order chi connectivity index (χ0) is 28.6. The van der Waals surface area contributed by atoms with E-state index in [1.54, 1.807) is 0 Å². The van der Waals surface area contributed by atoms with Gasteiger partial charge in [0.05, 0.1) is 30.3 Å². The highest BCUT2D eigenvalue weighted by Gasteiger charge is 2.48. The van der Waals surface area contributed by atoms with Crippen LogP contribution in [0.5, 0.6) is 0 Å². The van der Waals surface area contributed by atoms with Crippen LogP contribution in [0.25, 0.3) is 10.9 Å². The Kier molecular flexibility index (Phi) is 9.04. The summed E-state index contributed by atoms with van der Waals surface area (Å²) in [7, 11) is 0. The highest BCUT2D eigenvalue weighted by Crippen LogP contribution is 2.28. The van der Waals surface area contributed by atoms with Crippen molar-refractivity contribution in [3.8, 4) is 0 Å². The lowest BCUT2D eigenvalue weighted by Gasteiger charge is -2.47. The molecule has 1 aromatic carbocycles. The van der Waals surface area contributed by atoms with Gasteiger partial charge < -0.3 is 63.3 Å². The number of carbonyl (C=O) groups is 1. The SMILES string of the molecule is NC[C@H]1O[C@H](O[C@H]2[C@@H](NCCNC(=O)C3Cc4c([nH]c5ccccc45)CN3)[C@@H](O)[C@H](N)C[C@@H]2N)[C@H](N)[C@@H](O)[C@@H]1O. The molecule has 5 rings (SSSR count). The van der Waals surface area contributed by atoms with E-state index in [4.69, 9.17) is 32.4 Å². The normalized spacial score (nSPS) is 38.2. The quantitative estimate of drug-likeness (QED) is 0.137. The van der Waals surface area contributed by atoms with Crippen LogP contribution in [0.1, 0.15) is 17.7 Å². The second-order valence-electron chi connectivity index (χ2n) is 11.0. The number of rotatable bonds is 8. The zero-order valence-corrected chi connectivity index (χ0v) is 22.3. The molecule has 1 amide bonds. The van der Waals surface area contributed by atoms with E-state index in [-0.39, 0.29) is 31.5 Å². The van der Waals surface area contributed by atoms with Crippen molar-refractivity contribution in [3.05, 3.63) is 35.5 Å². The number of para-hydroxylation sites is 1. The number of hydrogen-bond acceptors (Lipinski definition) is 12. The van der Waals surface area contributed by atoms with Gasteiger partial charge in [-0.25, -0.2) is 0 Å². The lowest BCUT2D eigenvalue weighted by atomic mass is 9.82. The molecule has 3 heterocycles. The van der Waals surface area contributed by atoms with Crippen LogP contribution in [0.2, 0.25) is 0 Å². The van der Waals surface area contributed by atoms with Crippen molar-refractivity contribution in [1.29, 1.82) is 0 Å². The Morgan fingerprint density at radius 1 is 1.07 bits per heavy atom. The molecule has 14 heteroatoms. The first-order valence-corrected chi connectivity index (χ1v) is 13.8. The monoisotopic (exact) mass is 562 g/mol. The van der Waals surface area contributed by atoms with Crippen LogP contribution in [-0.2, 0) is 27.2 Å². The summed E-state index contributed by atoms with van der Waals surface area (Å²) in [4.78, 5) is 16.4. The molecule has 3 aliphatic rings. The lowest BCUT2D eigenvalue weighted by molar-refractivity contribution is -0.279. The number of aromatic amines is 1. The number of benzene rings is 1. The van der Waals surface area contributed by atoms with Gasteiger partial charge in [0.1, 0.15) is 18.3 Å². The van der Waals surface area contributed by atoms with Gasteiger partial charge in [0.2, 0.25) is 5.91 Å². The molecule has 40 heavy (non-hydrogen) atoms. The Bertz CT molecular complexity index is 1170. The molecule has 1 aromatic heterocycles. The highest BCUT2D eigenvalue weighted by molar-refractivity contribution is 5.88. The molecule has 2 fully saturated rings. The van der Waals surface area contributed by atoms with Crippen LogP contribution in [-0.4, -0.2) is 113 Å². The highest BCUT2D eigenvalue weighted by atomic mass is 16.7. The van der Waals surface area contributed by atoms with E-state index in [2.05, 4.69) is 27.0 Å². The Morgan fingerprint density at radius 2 is 1.85 bits per heavy atom. The molecule has 0 bridgehead atoms. The summed E-state index contributed by atoms with van der Waals surface area (Å²) in [5.74, 6) is -0.120. The van der Waals surface area contributed by atoms with Gasteiger partial charge in [-0.3, -0.25) is 10.1 Å². The van der Waals surface area contributed by atoms with Gasteiger partial charge in [0, 0.05) is 54.9 Å². The van der Waals surface area contributed by atoms with E-state index in [0.29, 0.717) is 19.5 Å². The third-order valence-electron chi connectivity index (χ3n) is 8.36. The van der Waals surface area contributed by atoms with Crippen LogP contribution in [0.3, 0.4) is 0 Å². The number of nitrogens with one attached hydrogen (secondary N) is 4. The first-order chi connectivity index (χ1) is 19.2. The number of aromatic nitrogens is 1. The van der Waals surface area contributed by atoms with Crippen LogP contribution >= 0.6 is 0 Å². The van der Waals surface area contributed by atoms with Crippen molar-refractivity contribution in [2.24, 2.45) is 22.9 Å². The molecule has 2 aromatic rings. The molecule has 0 radical (unpaired) electrons. The number of hydrogen-bond donors (Lipinski definition) is 11. The van der Waals surface area contributed by atoms with E-state index < -0.39 is 61.0 Å². The van der Waals surface area contributed by atoms with Gasteiger partial charge in [0.25, 0.3) is 0 Å². The molecular weight excluding hydrogens is 520 g/mol. The standard InChI is InChI=1S/C26H42N8O6/c27-9-18-22(36)23(37)19(30)26(39-18)40-24-14(29)8-13(28)21(35)20(24)31-5-6-32-25(38)16-7-12-11-3-1-2-4-15(11)34-17(12)10-33-16/h1-4,13-14,16,18-24,26,31,33-37H,5-10,27-30H2,(H,32,38)/t13-,14+,16?,18-,19-,20+,21+,22-,23-,24-,26-/m1/s1. The maximum Gasteiger partial charge on any atom is 0.237 e. The van der Waals surface area contributed by atoms with Crippen molar-refractivity contribution in [2.45, 2.75) is 86.4 Å². The fraction of sp³-hybridized carbons (Fsp3) is 0.654. The Morgan fingerprint density at radius 3 is 2.62 bits per heavy atom. The summed E-state index contributed by atoms with van der Waals surface area (Å²) >= 11 is 0. The number of amides is 1. The molecule has 1 saturated heterocycles. The van der Waals surface area contributed by atoms with Crippen molar-refractivity contribution in [2.75, 3.05) is 19.6 Å². The summed E-state index contributed by atoms with van der Waals surface area (Å²) in [5, 5.41) is 42.0. The van der Waals surface area contributed by atoms with Gasteiger partial charge in [-0.15, -0.1) is 0 Å². The molecule has 2 aliphatic heterocycles. The van der Waals surface area contributed by atoms with Crippen molar-refractivity contribution < 1.29 is 29.6 Å². The van der Waals surface area contributed by atoms with Gasteiger partial charge in [-0.2, -0.15) is 0 Å². The van der Waals surface area contributed by atoms with Crippen LogP contribution < -0.4 is 38.9 Å². The van der Waals surface area contributed by atoms with Crippen LogP contribution in [0.15, 0.2) is 24.3 Å². The summed E-state index contributed by atoms with van der Waals surface area (Å²) in [6.45, 7) is 1.12. The number of ether oxygens (including phenoxy) is 2. The van der Waals surface area contributed by atoms with Crippen LogP contribution in [0, 0.1) is 0 Å². The number of aliphatic hydroxyl groups is 3. The molecule has 1 unspecified atom stereocenters. The third-order valence-corrected chi connectivity index (χ3v) is 8.36.